The highest BCUT2D eigenvalue weighted by atomic mass is 19.1. The fourth-order valence-electron chi connectivity index (χ4n) is 2.28. The van der Waals surface area contributed by atoms with Gasteiger partial charge in [0.05, 0.1) is 6.10 Å². The maximum Gasteiger partial charge on any atom is 0.123 e. The first-order chi connectivity index (χ1) is 8.20. The predicted octanol–water partition coefficient (Wildman–Crippen LogP) is 2.51. The summed E-state index contributed by atoms with van der Waals surface area (Å²) in [5.74, 6) is 0.410. The molecule has 2 rings (SSSR count). The summed E-state index contributed by atoms with van der Waals surface area (Å²) in [6.45, 7) is 2.68. The zero-order valence-electron chi connectivity index (χ0n) is 10.2. The van der Waals surface area contributed by atoms with Gasteiger partial charge in [-0.3, -0.25) is 0 Å². The minimum absolute atomic E-state index is 0.0377. The molecule has 0 spiro atoms. The van der Waals surface area contributed by atoms with Crippen LogP contribution in [0.3, 0.4) is 0 Å². The molecule has 0 radical (unpaired) electrons. The average molecular weight is 237 g/mol. The van der Waals surface area contributed by atoms with Crippen molar-refractivity contribution in [1.29, 1.82) is 0 Å². The highest BCUT2D eigenvalue weighted by Gasteiger charge is 2.35. The number of ether oxygens (including phenoxy) is 1. The van der Waals surface area contributed by atoms with E-state index in [0.29, 0.717) is 18.9 Å². The van der Waals surface area contributed by atoms with E-state index in [0.717, 1.165) is 5.56 Å². The molecule has 1 saturated carbocycles. The molecule has 0 amide bonds. The summed E-state index contributed by atoms with van der Waals surface area (Å²) in [7, 11) is 0. The van der Waals surface area contributed by atoms with Crippen LogP contribution < -0.4 is 5.73 Å². The van der Waals surface area contributed by atoms with E-state index in [1.54, 1.807) is 12.1 Å². The van der Waals surface area contributed by atoms with Gasteiger partial charge < -0.3 is 10.5 Å². The third kappa shape index (κ3) is 3.51. The molecule has 17 heavy (non-hydrogen) atoms. The average Bonchev–Trinajstić information content (AvgIpc) is 3.09. The van der Waals surface area contributed by atoms with Crippen LogP contribution in [0, 0.1) is 11.7 Å². The van der Waals surface area contributed by atoms with E-state index >= 15 is 0 Å². The molecule has 3 heteroatoms. The highest BCUT2D eigenvalue weighted by molar-refractivity contribution is 5.18. The number of hydrogen-bond donors (Lipinski definition) is 1. The SMILES string of the molecule is CCOC(C(N)Cc1cccc(F)c1)C1CC1. The van der Waals surface area contributed by atoms with E-state index in [9.17, 15) is 4.39 Å². The summed E-state index contributed by atoms with van der Waals surface area (Å²) in [5, 5.41) is 0. The van der Waals surface area contributed by atoms with Gasteiger partial charge in [0.2, 0.25) is 0 Å². The van der Waals surface area contributed by atoms with Crippen molar-refractivity contribution in [2.75, 3.05) is 6.61 Å². The maximum absolute atomic E-state index is 13.1. The van der Waals surface area contributed by atoms with E-state index in [2.05, 4.69) is 0 Å². The summed E-state index contributed by atoms with van der Waals surface area (Å²) in [6.07, 6.45) is 3.23. The fraction of sp³-hybridized carbons (Fsp3) is 0.571. The number of nitrogens with two attached hydrogens (primary N) is 1. The van der Waals surface area contributed by atoms with Gasteiger partial charge in [-0.25, -0.2) is 4.39 Å². The molecule has 0 aliphatic heterocycles. The normalized spacial score (nSPS) is 19.0. The molecule has 1 aliphatic rings. The van der Waals surface area contributed by atoms with E-state index in [1.807, 2.05) is 13.0 Å². The quantitative estimate of drug-likeness (QED) is 0.825. The van der Waals surface area contributed by atoms with Crippen molar-refractivity contribution in [1.82, 2.24) is 0 Å². The molecule has 1 aromatic rings. The molecule has 1 aromatic carbocycles. The van der Waals surface area contributed by atoms with Crippen LogP contribution in [0.15, 0.2) is 24.3 Å². The highest BCUT2D eigenvalue weighted by Crippen LogP contribution is 2.36. The molecule has 1 fully saturated rings. The van der Waals surface area contributed by atoms with Crippen LogP contribution in [0.5, 0.6) is 0 Å². The molecule has 1 aliphatic carbocycles. The first kappa shape index (κ1) is 12.5. The van der Waals surface area contributed by atoms with Gasteiger partial charge in [0.1, 0.15) is 5.82 Å². The van der Waals surface area contributed by atoms with Crippen LogP contribution in [-0.4, -0.2) is 18.8 Å². The third-order valence-corrected chi connectivity index (χ3v) is 3.23. The smallest absolute Gasteiger partial charge is 0.123 e. The minimum Gasteiger partial charge on any atom is -0.377 e. The second kappa shape index (κ2) is 5.61. The molecule has 0 heterocycles. The van der Waals surface area contributed by atoms with Gasteiger partial charge in [-0.2, -0.15) is 0 Å². The molecule has 0 aromatic heterocycles. The van der Waals surface area contributed by atoms with E-state index in [4.69, 9.17) is 10.5 Å². The number of benzene rings is 1. The lowest BCUT2D eigenvalue weighted by molar-refractivity contribution is 0.0288. The second-order valence-corrected chi connectivity index (χ2v) is 4.76. The Balaban J connectivity index is 1.96. The van der Waals surface area contributed by atoms with E-state index in [-0.39, 0.29) is 18.0 Å². The molecule has 2 N–H and O–H groups in total. The Morgan fingerprint density at radius 2 is 2.24 bits per heavy atom. The van der Waals surface area contributed by atoms with Crippen LogP contribution in [0.1, 0.15) is 25.3 Å². The van der Waals surface area contributed by atoms with Crippen molar-refractivity contribution >= 4 is 0 Å². The summed E-state index contributed by atoms with van der Waals surface area (Å²) in [4.78, 5) is 0. The Bertz CT molecular complexity index is 365. The van der Waals surface area contributed by atoms with Gasteiger partial charge in [-0.1, -0.05) is 12.1 Å². The van der Waals surface area contributed by atoms with Gasteiger partial charge in [0.15, 0.2) is 0 Å². The van der Waals surface area contributed by atoms with Crippen LogP contribution in [0.25, 0.3) is 0 Å². The summed E-state index contributed by atoms with van der Waals surface area (Å²) >= 11 is 0. The van der Waals surface area contributed by atoms with Crippen LogP contribution >= 0.6 is 0 Å². The molecule has 2 nitrogen and oxygen atoms in total. The van der Waals surface area contributed by atoms with Crippen molar-refractivity contribution in [3.8, 4) is 0 Å². The Kier molecular flexibility index (Phi) is 4.13. The summed E-state index contributed by atoms with van der Waals surface area (Å²) in [5.41, 5.74) is 7.13. The van der Waals surface area contributed by atoms with Crippen molar-refractivity contribution in [2.45, 2.75) is 38.3 Å². The first-order valence-electron chi connectivity index (χ1n) is 6.32. The summed E-state index contributed by atoms with van der Waals surface area (Å²) < 4.78 is 18.8. The lowest BCUT2D eigenvalue weighted by atomic mass is 9.99. The standard InChI is InChI=1S/C14H20FNO/c1-2-17-14(11-6-7-11)13(16)9-10-4-3-5-12(15)8-10/h3-5,8,11,13-14H,2,6-7,9,16H2,1H3. The first-order valence-corrected chi connectivity index (χ1v) is 6.32. The van der Waals surface area contributed by atoms with Crippen molar-refractivity contribution in [2.24, 2.45) is 11.7 Å². The predicted molar refractivity (Wildman–Crippen MR) is 66.2 cm³/mol. The summed E-state index contributed by atoms with van der Waals surface area (Å²) in [6, 6.07) is 6.61. The number of rotatable bonds is 6. The van der Waals surface area contributed by atoms with Crippen molar-refractivity contribution in [3.63, 3.8) is 0 Å². The number of hydrogen-bond acceptors (Lipinski definition) is 2. The van der Waals surface area contributed by atoms with Crippen LogP contribution in [-0.2, 0) is 11.2 Å². The second-order valence-electron chi connectivity index (χ2n) is 4.76. The zero-order valence-corrected chi connectivity index (χ0v) is 10.2. The lowest BCUT2D eigenvalue weighted by Crippen LogP contribution is -2.40. The molecule has 2 unspecified atom stereocenters. The third-order valence-electron chi connectivity index (χ3n) is 3.23. The molecule has 2 atom stereocenters. The van der Waals surface area contributed by atoms with Gasteiger partial charge in [0, 0.05) is 12.6 Å². The van der Waals surface area contributed by atoms with Crippen LogP contribution in [0.4, 0.5) is 4.39 Å². The van der Waals surface area contributed by atoms with E-state index in [1.165, 1.54) is 18.9 Å². The van der Waals surface area contributed by atoms with E-state index < -0.39 is 0 Å². The van der Waals surface area contributed by atoms with Crippen LogP contribution in [0.2, 0.25) is 0 Å². The lowest BCUT2D eigenvalue weighted by Gasteiger charge is -2.23. The fourth-order valence-corrected chi connectivity index (χ4v) is 2.28. The Morgan fingerprint density at radius 1 is 1.47 bits per heavy atom. The molecular weight excluding hydrogens is 217 g/mol. The monoisotopic (exact) mass is 237 g/mol. The van der Waals surface area contributed by atoms with Crippen molar-refractivity contribution in [3.05, 3.63) is 35.6 Å². The topological polar surface area (TPSA) is 35.2 Å². The van der Waals surface area contributed by atoms with Gasteiger partial charge >= 0.3 is 0 Å². The van der Waals surface area contributed by atoms with Gasteiger partial charge in [-0.05, 0) is 49.8 Å². The Morgan fingerprint density at radius 3 is 2.82 bits per heavy atom. The molecular formula is C14H20FNO. The maximum atomic E-state index is 13.1. The molecule has 0 bridgehead atoms. The Labute approximate surface area is 102 Å². The van der Waals surface area contributed by atoms with Crippen molar-refractivity contribution < 1.29 is 9.13 Å². The Hall–Kier alpha value is -0.930. The molecule has 0 saturated heterocycles. The van der Waals surface area contributed by atoms with Gasteiger partial charge in [-0.15, -0.1) is 0 Å². The zero-order chi connectivity index (χ0) is 12.3. The van der Waals surface area contributed by atoms with Gasteiger partial charge in [0.25, 0.3) is 0 Å². The minimum atomic E-state index is -0.200. The number of halogens is 1. The molecule has 94 valence electrons. The largest absolute Gasteiger partial charge is 0.377 e.